The Kier molecular flexibility index (Phi) is 8.13. The summed E-state index contributed by atoms with van der Waals surface area (Å²) in [4.78, 5) is 27.0. The molecule has 31 heavy (non-hydrogen) atoms. The first-order valence-corrected chi connectivity index (χ1v) is 11.4. The molecule has 0 aliphatic heterocycles. The van der Waals surface area contributed by atoms with Gasteiger partial charge >= 0.3 is 0 Å². The first-order chi connectivity index (χ1) is 15.0. The third kappa shape index (κ3) is 6.11. The summed E-state index contributed by atoms with van der Waals surface area (Å²) in [5.41, 5.74) is 1.48. The number of carbonyl (C=O) groups is 2. The lowest BCUT2D eigenvalue weighted by atomic mass is 10.2. The summed E-state index contributed by atoms with van der Waals surface area (Å²) in [7, 11) is 1.61. The van der Waals surface area contributed by atoms with Crippen molar-refractivity contribution in [3.63, 3.8) is 0 Å². The topological polar surface area (TPSA) is 84.4 Å². The van der Waals surface area contributed by atoms with Crippen molar-refractivity contribution < 1.29 is 14.3 Å². The lowest BCUT2D eigenvalue weighted by molar-refractivity contribution is -0.116. The van der Waals surface area contributed by atoms with Gasteiger partial charge in [0.15, 0.2) is 0 Å². The number of anilines is 1. The van der Waals surface area contributed by atoms with Crippen LogP contribution in [0.5, 0.6) is 5.75 Å². The summed E-state index contributed by atoms with van der Waals surface area (Å²) < 4.78 is 5.90. The van der Waals surface area contributed by atoms with Crippen LogP contribution in [0.2, 0.25) is 0 Å². The minimum atomic E-state index is -0.210. The van der Waals surface area contributed by atoms with E-state index in [1.807, 2.05) is 49.4 Å². The van der Waals surface area contributed by atoms with Gasteiger partial charge in [-0.05, 0) is 58.7 Å². The van der Waals surface area contributed by atoms with E-state index in [9.17, 15) is 9.59 Å². The van der Waals surface area contributed by atoms with E-state index in [0.717, 1.165) is 22.2 Å². The normalized spacial score (nSPS) is 10.5. The summed E-state index contributed by atoms with van der Waals surface area (Å²) in [6, 6.07) is 14.8. The number of hydrogen-bond donors (Lipinski definition) is 1. The van der Waals surface area contributed by atoms with Crippen LogP contribution in [0.1, 0.15) is 30.1 Å². The average molecular weight is 503 g/mol. The Bertz CT molecular complexity index is 1040. The molecule has 1 N–H and O–H groups in total. The second-order valence-electron chi connectivity index (χ2n) is 6.71. The van der Waals surface area contributed by atoms with Crippen molar-refractivity contribution in [2.75, 3.05) is 25.5 Å². The smallest absolute Gasteiger partial charge is 0.255 e. The number of halogens is 1. The number of methoxy groups -OCH3 is 1. The van der Waals surface area contributed by atoms with Gasteiger partial charge in [0.05, 0.1) is 12.7 Å². The van der Waals surface area contributed by atoms with E-state index < -0.39 is 0 Å². The van der Waals surface area contributed by atoms with Crippen molar-refractivity contribution in [3.05, 3.63) is 58.6 Å². The zero-order valence-electron chi connectivity index (χ0n) is 17.3. The van der Waals surface area contributed by atoms with Gasteiger partial charge in [0, 0.05) is 29.5 Å². The molecule has 1 aromatic heterocycles. The summed E-state index contributed by atoms with van der Waals surface area (Å²) in [5.74, 6) is 0.453. The largest absolute Gasteiger partial charge is 0.497 e. The highest BCUT2D eigenvalue weighted by Gasteiger charge is 2.19. The summed E-state index contributed by atoms with van der Waals surface area (Å²) in [6.07, 6.45) is 0.979. The van der Waals surface area contributed by atoms with Crippen LogP contribution in [0.4, 0.5) is 5.13 Å². The fourth-order valence-corrected chi connectivity index (χ4v) is 4.15. The van der Waals surface area contributed by atoms with Gasteiger partial charge in [0.25, 0.3) is 5.91 Å². The van der Waals surface area contributed by atoms with E-state index in [0.29, 0.717) is 28.8 Å². The van der Waals surface area contributed by atoms with Crippen LogP contribution in [0.3, 0.4) is 0 Å². The van der Waals surface area contributed by atoms with Crippen molar-refractivity contribution in [2.45, 2.75) is 19.8 Å². The lowest BCUT2D eigenvalue weighted by Crippen LogP contribution is -2.34. The van der Waals surface area contributed by atoms with Gasteiger partial charge < -0.3 is 15.0 Å². The number of hydrogen-bond acceptors (Lipinski definition) is 6. The maximum absolute atomic E-state index is 12.9. The minimum Gasteiger partial charge on any atom is -0.497 e. The summed E-state index contributed by atoms with van der Waals surface area (Å²) in [6.45, 7) is 2.90. The molecule has 7 nitrogen and oxygen atoms in total. The molecule has 0 fully saturated rings. The molecule has 0 spiro atoms. The van der Waals surface area contributed by atoms with Crippen LogP contribution >= 0.6 is 27.3 Å². The molecular formula is C22H23BrN4O3S. The van der Waals surface area contributed by atoms with Gasteiger partial charge in [-0.25, -0.2) is 0 Å². The number of carbonyl (C=O) groups excluding carboxylic acids is 2. The van der Waals surface area contributed by atoms with Crippen LogP contribution in [0, 0.1) is 0 Å². The molecule has 3 aromatic rings. The molecule has 9 heteroatoms. The summed E-state index contributed by atoms with van der Waals surface area (Å²) >= 11 is 4.72. The summed E-state index contributed by atoms with van der Waals surface area (Å²) in [5, 5.41) is 12.1. The molecule has 2 amide bonds. The van der Waals surface area contributed by atoms with Crippen molar-refractivity contribution in [1.82, 2.24) is 15.1 Å². The van der Waals surface area contributed by atoms with Crippen LogP contribution in [-0.4, -0.2) is 47.1 Å². The first-order valence-electron chi connectivity index (χ1n) is 9.83. The monoisotopic (exact) mass is 502 g/mol. The molecule has 162 valence electrons. The van der Waals surface area contributed by atoms with Gasteiger partial charge in [-0.2, -0.15) is 0 Å². The van der Waals surface area contributed by atoms with E-state index >= 15 is 0 Å². The molecule has 0 aliphatic rings. The van der Waals surface area contributed by atoms with Gasteiger partial charge in [-0.3, -0.25) is 9.59 Å². The Hall–Kier alpha value is -2.78. The number of nitrogens with one attached hydrogen (secondary N) is 1. The van der Waals surface area contributed by atoms with Crippen molar-refractivity contribution in [1.29, 1.82) is 0 Å². The Morgan fingerprint density at radius 1 is 1.10 bits per heavy atom. The van der Waals surface area contributed by atoms with Crippen LogP contribution in [0.15, 0.2) is 53.0 Å². The Morgan fingerprint density at radius 3 is 2.52 bits per heavy atom. The van der Waals surface area contributed by atoms with E-state index in [-0.39, 0.29) is 18.2 Å². The highest BCUT2D eigenvalue weighted by Crippen LogP contribution is 2.27. The van der Waals surface area contributed by atoms with Gasteiger partial charge in [-0.1, -0.05) is 30.4 Å². The molecule has 0 saturated carbocycles. The van der Waals surface area contributed by atoms with Gasteiger partial charge in [0.2, 0.25) is 11.0 Å². The lowest BCUT2D eigenvalue weighted by Gasteiger charge is -2.22. The Labute approximate surface area is 193 Å². The highest BCUT2D eigenvalue weighted by molar-refractivity contribution is 9.10. The molecule has 1 heterocycles. The van der Waals surface area contributed by atoms with E-state index in [1.165, 1.54) is 11.3 Å². The van der Waals surface area contributed by atoms with Crippen molar-refractivity contribution >= 4 is 44.2 Å². The standard InChI is InChI=1S/C22H23BrN4O3S/c1-3-13-27(21(29)17-6-4-5-7-18(17)23)14-12-19(28)24-22-26-25-20(31-22)15-8-10-16(30-2)11-9-15/h4-11H,3,12-14H2,1-2H3,(H,24,26,28). The Balaban J connectivity index is 1.58. The molecule has 0 atom stereocenters. The SMILES string of the molecule is CCCN(CCC(=O)Nc1nnc(-c2ccc(OC)cc2)s1)C(=O)c1ccccc1Br. The van der Waals surface area contributed by atoms with E-state index in [4.69, 9.17) is 4.74 Å². The van der Waals surface area contributed by atoms with E-state index in [1.54, 1.807) is 18.1 Å². The number of aromatic nitrogens is 2. The minimum absolute atomic E-state index is 0.0974. The fourth-order valence-electron chi connectivity index (χ4n) is 2.93. The number of rotatable bonds is 9. The molecule has 2 aromatic carbocycles. The molecule has 3 rings (SSSR count). The molecular weight excluding hydrogens is 480 g/mol. The van der Waals surface area contributed by atoms with Crippen LogP contribution in [0.25, 0.3) is 10.6 Å². The number of nitrogens with zero attached hydrogens (tertiary/aromatic N) is 3. The molecule has 0 saturated heterocycles. The quantitative estimate of drug-likeness (QED) is 0.451. The fraction of sp³-hybridized carbons (Fsp3) is 0.273. The molecule has 0 radical (unpaired) electrons. The van der Waals surface area contributed by atoms with Crippen molar-refractivity contribution in [3.8, 4) is 16.3 Å². The van der Waals surface area contributed by atoms with E-state index in [2.05, 4.69) is 31.4 Å². The molecule has 0 unspecified atom stereocenters. The number of benzene rings is 2. The third-order valence-corrected chi connectivity index (χ3v) is 6.08. The molecule has 0 aliphatic carbocycles. The highest BCUT2D eigenvalue weighted by atomic mass is 79.9. The zero-order valence-corrected chi connectivity index (χ0v) is 19.7. The zero-order chi connectivity index (χ0) is 22.2. The van der Waals surface area contributed by atoms with Gasteiger partial charge in [0.1, 0.15) is 10.8 Å². The maximum atomic E-state index is 12.9. The van der Waals surface area contributed by atoms with Gasteiger partial charge in [-0.15, -0.1) is 10.2 Å². The molecule has 0 bridgehead atoms. The average Bonchev–Trinajstić information content (AvgIpc) is 3.25. The van der Waals surface area contributed by atoms with Crippen molar-refractivity contribution in [2.24, 2.45) is 0 Å². The maximum Gasteiger partial charge on any atom is 0.255 e. The third-order valence-electron chi connectivity index (χ3n) is 4.50. The predicted octanol–water partition coefficient (Wildman–Crippen LogP) is 4.86. The second-order valence-corrected chi connectivity index (χ2v) is 8.54. The predicted molar refractivity (Wildman–Crippen MR) is 125 cm³/mol. The Morgan fingerprint density at radius 2 is 1.84 bits per heavy atom. The number of amides is 2. The first kappa shape index (κ1) is 22.9. The van der Waals surface area contributed by atoms with Crippen LogP contribution < -0.4 is 10.1 Å². The second kappa shape index (κ2) is 11.0. The number of ether oxygens (including phenoxy) is 1. The van der Waals surface area contributed by atoms with Crippen LogP contribution in [-0.2, 0) is 4.79 Å².